The standard InChI is InChI=1S/C18H25N3O4S/c1-3-19-26(24,25)15-7-6-13(2)16(11-15)18(23)20-10-8-14(12-20)21-9-4-5-17(21)22/h6-7,11,14,19H,3-5,8-10,12H2,1-2H3/t14-/m0/s1. The molecule has 2 aliphatic heterocycles. The van der Waals surface area contributed by atoms with Gasteiger partial charge in [0, 0.05) is 38.2 Å². The molecule has 0 aliphatic carbocycles. The van der Waals surface area contributed by atoms with Crippen LogP contribution < -0.4 is 4.72 Å². The Morgan fingerprint density at radius 3 is 2.73 bits per heavy atom. The molecule has 0 unspecified atom stereocenters. The molecule has 3 rings (SSSR count). The second-order valence-electron chi connectivity index (χ2n) is 6.86. The normalized spacial score (nSPS) is 20.8. The van der Waals surface area contributed by atoms with E-state index in [2.05, 4.69) is 4.72 Å². The maximum atomic E-state index is 13.0. The predicted octanol–water partition coefficient (Wildman–Crippen LogP) is 1.13. The minimum Gasteiger partial charge on any atom is -0.338 e. The number of likely N-dealkylation sites (tertiary alicyclic amines) is 2. The van der Waals surface area contributed by atoms with Gasteiger partial charge in [-0.25, -0.2) is 13.1 Å². The molecule has 0 bridgehead atoms. The summed E-state index contributed by atoms with van der Waals surface area (Å²) in [5.41, 5.74) is 1.14. The van der Waals surface area contributed by atoms with E-state index in [1.54, 1.807) is 24.8 Å². The van der Waals surface area contributed by atoms with Gasteiger partial charge in [-0.3, -0.25) is 9.59 Å². The van der Waals surface area contributed by atoms with Crippen LogP contribution in [0.4, 0.5) is 0 Å². The quantitative estimate of drug-likeness (QED) is 0.831. The largest absolute Gasteiger partial charge is 0.338 e. The van der Waals surface area contributed by atoms with Gasteiger partial charge in [0.1, 0.15) is 0 Å². The molecule has 0 radical (unpaired) electrons. The molecule has 7 nitrogen and oxygen atoms in total. The fourth-order valence-electron chi connectivity index (χ4n) is 3.68. The molecule has 2 saturated heterocycles. The Morgan fingerprint density at radius 2 is 2.08 bits per heavy atom. The van der Waals surface area contributed by atoms with E-state index in [0.717, 1.165) is 24.9 Å². The predicted molar refractivity (Wildman–Crippen MR) is 97.3 cm³/mol. The number of hydrogen-bond acceptors (Lipinski definition) is 4. The van der Waals surface area contributed by atoms with E-state index in [9.17, 15) is 18.0 Å². The first kappa shape index (κ1) is 18.8. The minimum atomic E-state index is -3.61. The van der Waals surface area contributed by atoms with Gasteiger partial charge in [0.25, 0.3) is 5.91 Å². The highest BCUT2D eigenvalue weighted by Gasteiger charge is 2.35. The van der Waals surface area contributed by atoms with Crippen LogP contribution in [0.3, 0.4) is 0 Å². The van der Waals surface area contributed by atoms with Gasteiger partial charge >= 0.3 is 0 Å². The van der Waals surface area contributed by atoms with Crippen LogP contribution in [0.15, 0.2) is 23.1 Å². The zero-order chi connectivity index (χ0) is 18.9. The van der Waals surface area contributed by atoms with Gasteiger partial charge in [-0.05, 0) is 37.5 Å². The van der Waals surface area contributed by atoms with Crippen LogP contribution in [0.25, 0.3) is 0 Å². The Labute approximate surface area is 154 Å². The molecule has 2 aliphatic rings. The first-order valence-electron chi connectivity index (χ1n) is 9.02. The Morgan fingerprint density at radius 1 is 1.31 bits per heavy atom. The SMILES string of the molecule is CCNS(=O)(=O)c1ccc(C)c(C(=O)N2CC[C@H](N3CCCC3=O)C2)c1. The number of amides is 2. The third kappa shape index (κ3) is 3.61. The number of rotatable bonds is 5. The van der Waals surface area contributed by atoms with Crippen molar-refractivity contribution >= 4 is 21.8 Å². The summed E-state index contributed by atoms with van der Waals surface area (Å²) in [6.07, 6.45) is 2.24. The zero-order valence-corrected chi connectivity index (χ0v) is 16.0. The summed E-state index contributed by atoms with van der Waals surface area (Å²) in [5, 5.41) is 0. The molecule has 142 valence electrons. The van der Waals surface area contributed by atoms with E-state index < -0.39 is 10.0 Å². The van der Waals surface area contributed by atoms with Crippen molar-refractivity contribution in [2.75, 3.05) is 26.2 Å². The van der Waals surface area contributed by atoms with E-state index in [1.807, 2.05) is 4.90 Å². The maximum Gasteiger partial charge on any atom is 0.254 e. The highest BCUT2D eigenvalue weighted by molar-refractivity contribution is 7.89. The summed E-state index contributed by atoms with van der Waals surface area (Å²) < 4.78 is 26.9. The van der Waals surface area contributed by atoms with E-state index in [1.165, 1.54) is 12.1 Å². The fourth-order valence-corrected chi connectivity index (χ4v) is 4.75. The number of nitrogens with one attached hydrogen (secondary N) is 1. The Balaban J connectivity index is 1.79. The second-order valence-corrected chi connectivity index (χ2v) is 8.63. The van der Waals surface area contributed by atoms with Crippen LogP contribution in [0.5, 0.6) is 0 Å². The van der Waals surface area contributed by atoms with Crippen molar-refractivity contribution in [1.82, 2.24) is 14.5 Å². The number of carbonyl (C=O) groups is 2. The molecule has 1 aromatic rings. The summed E-state index contributed by atoms with van der Waals surface area (Å²) in [7, 11) is -3.61. The van der Waals surface area contributed by atoms with E-state index in [4.69, 9.17) is 0 Å². The first-order valence-corrected chi connectivity index (χ1v) is 10.5. The van der Waals surface area contributed by atoms with Crippen LogP contribution in [-0.2, 0) is 14.8 Å². The van der Waals surface area contributed by atoms with Gasteiger partial charge in [0.2, 0.25) is 15.9 Å². The Hall–Kier alpha value is -1.93. The van der Waals surface area contributed by atoms with Gasteiger partial charge in [-0.1, -0.05) is 13.0 Å². The third-order valence-electron chi connectivity index (χ3n) is 5.09. The molecule has 1 N–H and O–H groups in total. The highest BCUT2D eigenvalue weighted by atomic mass is 32.2. The average molecular weight is 379 g/mol. The van der Waals surface area contributed by atoms with Gasteiger partial charge in [-0.15, -0.1) is 0 Å². The lowest BCUT2D eigenvalue weighted by Gasteiger charge is -2.24. The van der Waals surface area contributed by atoms with Crippen LogP contribution in [0.1, 0.15) is 42.1 Å². The molecule has 1 aromatic carbocycles. The van der Waals surface area contributed by atoms with Crippen molar-refractivity contribution in [2.45, 2.75) is 44.0 Å². The summed E-state index contributed by atoms with van der Waals surface area (Å²) in [6, 6.07) is 4.70. The summed E-state index contributed by atoms with van der Waals surface area (Å²) >= 11 is 0. The molecule has 8 heteroatoms. The monoisotopic (exact) mass is 379 g/mol. The summed E-state index contributed by atoms with van der Waals surface area (Å²) in [5.74, 6) is -0.00981. The molecule has 0 saturated carbocycles. The van der Waals surface area contributed by atoms with Gasteiger partial charge in [0.05, 0.1) is 10.9 Å². The summed E-state index contributed by atoms with van der Waals surface area (Å²) in [4.78, 5) is 28.6. The van der Waals surface area contributed by atoms with Gasteiger partial charge in [-0.2, -0.15) is 0 Å². The molecular formula is C18H25N3O4S. The smallest absolute Gasteiger partial charge is 0.254 e. The van der Waals surface area contributed by atoms with Crippen molar-refractivity contribution in [3.05, 3.63) is 29.3 Å². The highest BCUT2D eigenvalue weighted by Crippen LogP contribution is 2.24. The molecule has 0 spiro atoms. The van der Waals surface area contributed by atoms with Crippen molar-refractivity contribution < 1.29 is 18.0 Å². The van der Waals surface area contributed by atoms with E-state index >= 15 is 0 Å². The molecule has 1 atom stereocenters. The number of carbonyl (C=O) groups excluding carboxylic acids is 2. The number of benzene rings is 1. The molecule has 0 aromatic heterocycles. The molecule has 26 heavy (non-hydrogen) atoms. The van der Waals surface area contributed by atoms with Crippen molar-refractivity contribution in [3.8, 4) is 0 Å². The van der Waals surface area contributed by atoms with Crippen LogP contribution in [-0.4, -0.2) is 62.3 Å². The molecular weight excluding hydrogens is 354 g/mol. The van der Waals surface area contributed by atoms with Crippen molar-refractivity contribution in [1.29, 1.82) is 0 Å². The van der Waals surface area contributed by atoms with Gasteiger partial charge < -0.3 is 9.80 Å². The van der Waals surface area contributed by atoms with Crippen LogP contribution in [0.2, 0.25) is 0 Å². The summed E-state index contributed by atoms with van der Waals surface area (Å²) in [6.45, 7) is 5.65. The first-order chi connectivity index (χ1) is 12.3. The second kappa shape index (κ2) is 7.36. The topological polar surface area (TPSA) is 86.8 Å². The van der Waals surface area contributed by atoms with E-state index in [0.29, 0.717) is 25.1 Å². The fraction of sp³-hybridized carbons (Fsp3) is 0.556. The Kier molecular flexibility index (Phi) is 5.34. The number of hydrogen-bond donors (Lipinski definition) is 1. The van der Waals surface area contributed by atoms with E-state index in [-0.39, 0.29) is 29.3 Å². The van der Waals surface area contributed by atoms with Crippen LogP contribution >= 0.6 is 0 Å². The lowest BCUT2D eigenvalue weighted by atomic mass is 10.1. The number of nitrogens with zero attached hydrogens (tertiary/aromatic N) is 2. The van der Waals surface area contributed by atoms with Crippen molar-refractivity contribution in [3.63, 3.8) is 0 Å². The third-order valence-corrected chi connectivity index (χ3v) is 6.63. The Bertz CT molecular complexity index is 822. The molecule has 2 heterocycles. The number of sulfonamides is 1. The van der Waals surface area contributed by atoms with Crippen molar-refractivity contribution in [2.24, 2.45) is 0 Å². The minimum absolute atomic E-state index is 0.0722. The maximum absolute atomic E-state index is 13.0. The zero-order valence-electron chi connectivity index (χ0n) is 15.2. The van der Waals surface area contributed by atoms with Crippen LogP contribution in [0, 0.1) is 6.92 Å². The average Bonchev–Trinajstić information content (AvgIpc) is 3.23. The van der Waals surface area contributed by atoms with Gasteiger partial charge in [0.15, 0.2) is 0 Å². The number of aryl methyl sites for hydroxylation is 1. The molecule has 2 fully saturated rings. The lowest BCUT2D eigenvalue weighted by molar-refractivity contribution is -0.129. The lowest BCUT2D eigenvalue weighted by Crippen LogP contribution is -2.39. The molecule has 2 amide bonds.